The van der Waals surface area contributed by atoms with Crippen LogP contribution in [0.3, 0.4) is 0 Å². The van der Waals surface area contributed by atoms with Gasteiger partial charge in [-0.05, 0) is 6.92 Å². The molecule has 4 rings (SSSR count). The van der Waals surface area contributed by atoms with Crippen molar-refractivity contribution in [2.75, 3.05) is 38.2 Å². The second kappa shape index (κ2) is 13.6. The van der Waals surface area contributed by atoms with E-state index in [1.54, 1.807) is 30.0 Å². The van der Waals surface area contributed by atoms with E-state index >= 15 is 0 Å². The van der Waals surface area contributed by atoms with Gasteiger partial charge in [0.05, 0.1) is 20.2 Å². The molecule has 0 unspecified atom stereocenters. The van der Waals surface area contributed by atoms with Gasteiger partial charge in [-0.15, -0.1) is 5.92 Å². The summed E-state index contributed by atoms with van der Waals surface area (Å²) in [6, 6.07) is 7.71. The van der Waals surface area contributed by atoms with Crippen molar-refractivity contribution in [3.63, 3.8) is 0 Å². The van der Waals surface area contributed by atoms with Gasteiger partial charge in [0.1, 0.15) is 0 Å². The Bertz CT molecular complexity index is 1640. The fraction of sp³-hybridized carbons (Fsp3) is 0.385. The molecule has 0 radical (unpaired) electrons. The van der Waals surface area contributed by atoms with Crippen LogP contribution in [-0.2, 0) is 27.4 Å². The van der Waals surface area contributed by atoms with Gasteiger partial charge in [0.2, 0.25) is 11.6 Å². The second-order valence-electron chi connectivity index (χ2n) is 8.66. The maximum absolute atomic E-state index is 13.5. The van der Waals surface area contributed by atoms with Crippen molar-refractivity contribution in [1.29, 1.82) is 0 Å². The standard InChI is InChI=1S/C23H21F3N6O5.C3H6O2/c1-2-3-11-30-17-18(28-21(30)29-12-9-27-10-13-29)32(37-20(35)23(24,25)26)22(36)31(19(17)34)14-16(33)15-7-5-4-6-8-15;1-3(4)5-2/h4-8,27H,9-14H2,1H3;1-2H3. The van der Waals surface area contributed by atoms with Crippen LogP contribution in [0.5, 0.6) is 0 Å². The van der Waals surface area contributed by atoms with E-state index in [2.05, 4.69) is 31.7 Å². The van der Waals surface area contributed by atoms with Gasteiger partial charge in [-0.3, -0.25) is 19.0 Å². The monoisotopic (exact) mass is 592 g/mol. The molecule has 1 aliphatic heterocycles. The Balaban J connectivity index is 0.000000892. The molecule has 1 N–H and O–H groups in total. The average Bonchev–Trinajstić information content (AvgIpc) is 3.36. The molecule has 1 aliphatic rings. The van der Waals surface area contributed by atoms with Crippen LogP contribution >= 0.6 is 0 Å². The van der Waals surface area contributed by atoms with Crippen molar-refractivity contribution in [3.8, 4) is 11.8 Å². The van der Waals surface area contributed by atoms with Crippen LogP contribution in [0.15, 0.2) is 39.9 Å². The summed E-state index contributed by atoms with van der Waals surface area (Å²) in [5, 5.41) is 3.14. The summed E-state index contributed by atoms with van der Waals surface area (Å²) in [7, 11) is 1.35. The van der Waals surface area contributed by atoms with Crippen molar-refractivity contribution in [2.24, 2.45) is 0 Å². The van der Waals surface area contributed by atoms with E-state index in [1.165, 1.54) is 30.7 Å². The highest BCUT2D eigenvalue weighted by Gasteiger charge is 2.43. The zero-order valence-electron chi connectivity index (χ0n) is 22.9. The van der Waals surface area contributed by atoms with E-state index in [9.17, 15) is 37.1 Å². The molecule has 0 atom stereocenters. The number of anilines is 1. The van der Waals surface area contributed by atoms with Crippen molar-refractivity contribution >= 4 is 34.8 Å². The lowest BCUT2D eigenvalue weighted by Gasteiger charge is -2.28. The van der Waals surface area contributed by atoms with E-state index in [1.807, 2.05) is 0 Å². The lowest BCUT2D eigenvalue weighted by Crippen LogP contribution is -2.47. The summed E-state index contributed by atoms with van der Waals surface area (Å²) in [5.41, 5.74) is -3.22. The van der Waals surface area contributed by atoms with Gasteiger partial charge in [-0.1, -0.05) is 41.0 Å². The molecule has 16 heteroatoms. The molecule has 224 valence electrons. The number of imidazole rings is 1. The first-order valence-electron chi connectivity index (χ1n) is 12.4. The number of alkyl halides is 3. The molecule has 42 heavy (non-hydrogen) atoms. The van der Waals surface area contributed by atoms with E-state index in [4.69, 9.17) is 0 Å². The number of hydrogen-bond acceptors (Lipinski definition) is 10. The average molecular weight is 593 g/mol. The van der Waals surface area contributed by atoms with Gasteiger partial charge in [0.25, 0.3) is 5.56 Å². The van der Waals surface area contributed by atoms with Gasteiger partial charge in [-0.2, -0.15) is 18.2 Å². The lowest BCUT2D eigenvalue weighted by atomic mass is 10.1. The van der Waals surface area contributed by atoms with Crippen LogP contribution in [-0.4, -0.2) is 76.0 Å². The fourth-order valence-corrected chi connectivity index (χ4v) is 3.83. The molecular weight excluding hydrogens is 565 g/mol. The third kappa shape index (κ3) is 7.23. The van der Waals surface area contributed by atoms with Gasteiger partial charge in [0.15, 0.2) is 11.3 Å². The Hall–Kier alpha value is -4.91. The van der Waals surface area contributed by atoms with Gasteiger partial charge in [-0.25, -0.2) is 14.2 Å². The summed E-state index contributed by atoms with van der Waals surface area (Å²) in [5.74, 6) is 2.00. The summed E-state index contributed by atoms with van der Waals surface area (Å²) < 4.78 is 45.0. The maximum atomic E-state index is 13.5. The van der Waals surface area contributed by atoms with Crippen molar-refractivity contribution in [3.05, 3.63) is 56.7 Å². The predicted octanol–water partition coefficient (Wildman–Crippen LogP) is 0.372. The van der Waals surface area contributed by atoms with Gasteiger partial charge >= 0.3 is 23.8 Å². The van der Waals surface area contributed by atoms with Gasteiger partial charge in [0, 0.05) is 38.7 Å². The molecule has 2 aromatic heterocycles. The van der Waals surface area contributed by atoms with Crippen LogP contribution in [0.25, 0.3) is 11.2 Å². The number of Topliss-reactive ketones (excluding diaryl/α,β-unsaturated/α-hetero) is 1. The number of esters is 1. The molecule has 1 saturated heterocycles. The minimum absolute atomic E-state index is 0.00635. The first-order chi connectivity index (χ1) is 19.9. The maximum Gasteiger partial charge on any atom is 0.493 e. The van der Waals surface area contributed by atoms with E-state index < -0.39 is 41.4 Å². The van der Waals surface area contributed by atoms with Crippen LogP contribution in [0.1, 0.15) is 24.2 Å². The zero-order chi connectivity index (χ0) is 31.0. The first kappa shape index (κ1) is 31.6. The molecule has 0 aliphatic carbocycles. The molecular formula is C26H27F3N6O7. The van der Waals surface area contributed by atoms with Crippen molar-refractivity contribution in [1.82, 2.24) is 24.2 Å². The Kier molecular flexibility index (Phi) is 10.3. The predicted molar refractivity (Wildman–Crippen MR) is 143 cm³/mol. The van der Waals surface area contributed by atoms with Crippen LogP contribution in [0, 0.1) is 11.8 Å². The first-order valence-corrected chi connectivity index (χ1v) is 12.4. The van der Waals surface area contributed by atoms with Crippen LogP contribution in [0.2, 0.25) is 0 Å². The third-order valence-corrected chi connectivity index (χ3v) is 5.88. The Labute approximate surface area is 236 Å². The fourth-order valence-electron chi connectivity index (χ4n) is 3.83. The number of hydrogen-bond donors (Lipinski definition) is 1. The number of ether oxygens (including phenoxy) is 1. The molecule has 0 bridgehead atoms. The Morgan fingerprint density at radius 1 is 1.07 bits per heavy atom. The van der Waals surface area contributed by atoms with Crippen LogP contribution < -0.4 is 26.3 Å². The third-order valence-electron chi connectivity index (χ3n) is 5.88. The smallest absolute Gasteiger partial charge is 0.469 e. The summed E-state index contributed by atoms with van der Waals surface area (Å²) >= 11 is 0. The lowest BCUT2D eigenvalue weighted by molar-refractivity contribution is -0.200. The number of nitrogens with one attached hydrogen (secondary N) is 1. The number of benzene rings is 1. The molecule has 0 saturated carbocycles. The molecule has 13 nitrogen and oxygen atoms in total. The van der Waals surface area contributed by atoms with E-state index in [-0.39, 0.29) is 34.3 Å². The number of halogens is 3. The number of carbonyl (C=O) groups excluding carboxylic acids is 3. The molecule has 0 amide bonds. The largest absolute Gasteiger partial charge is 0.493 e. The number of ketones is 1. The summed E-state index contributed by atoms with van der Waals surface area (Å²) in [6.45, 7) is 4.02. The minimum atomic E-state index is -5.44. The number of methoxy groups -OCH3 is 1. The Morgan fingerprint density at radius 3 is 2.24 bits per heavy atom. The van der Waals surface area contributed by atoms with E-state index in [0.717, 1.165) is 0 Å². The molecule has 1 aromatic carbocycles. The normalized spacial score (nSPS) is 13.0. The summed E-state index contributed by atoms with van der Waals surface area (Å²) in [4.78, 5) is 71.2. The SMILES string of the molecule is CC#CCn1c(N2CCNCC2)nc2c1c(=O)n(CC(=O)c1ccccc1)c(=O)n2OC(=O)C(F)(F)F.COC(C)=O. The minimum Gasteiger partial charge on any atom is -0.469 e. The molecule has 0 spiro atoms. The molecule has 3 heterocycles. The van der Waals surface area contributed by atoms with Gasteiger partial charge < -0.3 is 19.8 Å². The molecule has 3 aromatic rings. The highest BCUT2D eigenvalue weighted by molar-refractivity contribution is 5.96. The van der Waals surface area contributed by atoms with E-state index in [0.29, 0.717) is 30.7 Å². The second-order valence-corrected chi connectivity index (χ2v) is 8.66. The summed E-state index contributed by atoms with van der Waals surface area (Å²) in [6.07, 6.45) is -5.44. The number of nitrogens with zero attached hydrogens (tertiary/aromatic N) is 5. The van der Waals surface area contributed by atoms with Crippen molar-refractivity contribution < 1.29 is 37.1 Å². The quantitative estimate of drug-likeness (QED) is 0.242. The molecule has 1 fully saturated rings. The number of rotatable bonds is 6. The number of fused-ring (bicyclic) bond motifs is 1. The van der Waals surface area contributed by atoms with Crippen molar-refractivity contribution in [2.45, 2.75) is 33.1 Å². The Morgan fingerprint density at radius 2 is 1.69 bits per heavy atom. The number of carbonyl (C=O) groups is 3. The number of piperazine rings is 1. The number of aromatic nitrogens is 4. The highest BCUT2D eigenvalue weighted by Crippen LogP contribution is 2.21. The highest BCUT2D eigenvalue weighted by atomic mass is 19.4. The van der Waals surface area contributed by atoms with Crippen LogP contribution in [0.4, 0.5) is 19.1 Å². The topological polar surface area (TPSA) is 147 Å². The zero-order valence-corrected chi connectivity index (χ0v) is 22.9.